The van der Waals surface area contributed by atoms with Crippen molar-refractivity contribution in [2.75, 3.05) is 19.8 Å². The Hall–Kier alpha value is -5.13. The first-order valence-corrected chi connectivity index (χ1v) is 16.6. The number of aliphatic hydroxyl groups excluding tert-OH is 3. The minimum Gasteiger partial charge on any atom is -0.481 e. The second-order valence-electron chi connectivity index (χ2n) is 12.5. The summed E-state index contributed by atoms with van der Waals surface area (Å²) < 4.78 is 0. The van der Waals surface area contributed by atoms with E-state index in [0.29, 0.717) is 6.42 Å². The molecule has 0 fully saturated rings. The van der Waals surface area contributed by atoms with Crippen molar-refractivity contribution in [3.05, 3.63) is 0 Å². The molecule has 0 aromatic heterocycles. The summed E-state index contributed by atoms with van der Waals surface area (Å²) in [5, 5.41) is 61.0. The van der Waals surface area contributed by atoms with E-state index in [1.807, 2.05) is 5.32 Å². The lowest BCUT2D eigenvalue weighted by Gasteiger charge is -2.28. The highest BCUT2D eigenvalue weighted by Gasteiger charge is 2.35. The lowest BCUT2D eigenvalue weighted by molar-refractivity contribution is -0.144. The van der Waals surface area contributed by atoms with E-state index in [2.05, 4.69) is 31.6 Å². The fraction of sp³-hybridized carbons (Fsp3) is 0.700. The molecule has 6 amide bonds. The van der Waals surface area contributed by atoms with E-state index in [4.69, 9.17) is 27.4 Å². The number of carboxylic acids is 2. The second kappa shape index (κ2) is 24.2. The molecule has 0 aliphatic heterocycles. The van der Waals surface area contributed by atoms with Gasteiger partial charge in [-0.15, -0.1) is 0 Å². The summed E-state index contributed by atoms with van der Waals surface area (Å²) in [4.78, 5) is 104. The number of nitrogens with zero attached hydrogens (tertiary/aromatic N) is 1. The highest BCUT2D eigenvalue weighted by molar-refractivity contribution is 5.97. The Bertz CT molecular complexity index is 1310. The number of amides is 6. The Morgan fingerprint density at radius 1 is 0.642 bits per heavy atom. The van der Waals surface area contributed by atoms with Crippen LogP contribution in [0.2, 0.25) is 0 Å². The number of aliphatic imine (C=N–C) groups is 1. The van der Waals surface area contributed by atoms with Gasteiger partial charge in [-0.3, -0.25) is 38.6 Å². The Morgan fingerprint density at radius 3 is 1.64 bits per heavy atom. The molecule has 302 valence electrons. The monoisotopic (exact) mass is 762 g/mol. The third-order valence-corrected chi connectivity index (χ3v) is 7.35. The molecule has 0 aliphatic carbocycles. The van der Waals surface area contributed by atoms with Crippen LogP contribution in [-0.2, 0) is 38.4 Å². The second-order valence-corrected chi connectivity index (χ2v) is 12.5. The van der Waals surface area contributed by atoms with Crippen molar-refractivity contribution in [1.82, 2.24) is 31.9 Å². The van der Waals surface area contributed by atoms with E-state index in [0.717, 1.165) is 6.92 Å². The van der Waals surface area contributed by atoms with E-state index in [9.17, 15) is 53.7 Å². The van der Waals surface area contributed by atoms with E-state index in [1.165, 1.54) is 6.92 Å². The molecule has 0 bridgehead atoms. The maximum Gasteiger partial charge on any atom is 0.328 e. The zero-order valence-electron chi connectivity index (χ0n) is 30.0. The maximum atomic E-state index is 13.3. The van der Waals surface area contributed by atoms with Crippen molar-refractivity contribution >= 4 is 53.3 Å². The smallest absolute Gasteiger partial charge is 0.328 e. The zero-order chi connectivity index (χ0) is 41.0. The topological polar surface area (TPSA) is 400 Å². The summed E-state index contributed by atoms with van der Waals surface area (Å²) >= 11 is 0. The van der Waals surface area contributed by atoms with Crippen LogP contribution in [0.3, 0.4) is 0 Å². The Labute approximate surface area is 305 Å². The van der Waals surface area contributed by atoms with Gasteiger partial charge in [0.2, 0.25) is 35.4 Å². The number of guanidine groups is 1. The summed E-state index contributed by atoms with van der Waals surface area (Å²) in [7, 11) is 0. The first-order valence-electron chi connectivity index (χ1n) is 16.6. The number of carbonyl (C=O) groups excluding carboxylic acids is 6. The molecule has 23 nitrogen and oxygen atoms in total. The van der Waals surface area contributed by atoms with Crippen LogP contribution in [-0.4, -0.2) is 147 Å². The quantitative estimate of drug-likeness (QED) is 0.0234. The van der Waals surface area contributed by atoms with Gasteiger partial charge >= 0.3 is 11.9 Å². The largest absolute Gasteiger partial charge is 0.481 e. The molecule has 0 aliphatic rings. The van der Waals surface area contributed by atoms with Crippen LogP contribution in [0.15, 0.2) is 4.99 Å². The first-order chi connectivity index (χ1) is 24.6. The number of nitrogens with one attached hydrogen (secondary N) is 6. The zero-order valence-corrected chi connectivity index (χ0v) is 30.0. The third-order valence-electron chi connectivity index (χ3n) is 7.35. The number of aliphatic hydroxyl groups is 3. The normalized spacial score (nSPS) is 15.5. The number of aliphatic carboxylic acids is 2. The average Bonchev–Trinajstić information content (AvgIpc) is 3.06. The summed E-state index contributed by atoms with van der Waals surface area (Å²) in [6.07, 6.45) is -2.26. The molecular weight excluding hydrogens is 708 g/mol. The first kappa shape index (κ1) is 47.9. The van der Waals surface area contributed by atoms with E-state index >= 15 is 0 Å². The van der Waals surface area contributed by atoms with Crippen molar-refractivity contribution in [2.45, 2.75) is 108 Å². The van der Waals surface area contributed by atoms with Crippen LogP contribution in [0.25, 0.3) is 0 Å². The molecule has 17 N–H and O–H groups in total. The van der Waals surface area contributed by atoms with E-state index in [-0.39, 0.29) is 31.3 Å². The van der Waals surface area contributed by atoms with Gasteiger partial charge in [-0.05, 0) is 45.4 Å². The Morgan fingerprint density at radius 2 is 1.15 bits per heavy atom. The van der Waals surface area contributed by atoms with Gasteiger partial charge in [0.15, 0.2) is 5.96 Å². The lowest BCUT2D eigenvalue weighted by Crippen LogP contribution is -2.62. The maximum absolute atomic E-state index is 13.3. The SMILES string of the molecule is CC(C)C[C@H](NC(=O)[C@@H](NC(=O)[C@H](CO)NC(=O)[C@H](C)NC(=O)[C@@H](N)CCCN=C(N)N)[C@@H](C)O)C(=O)N[C@@H](CCC(=O)O)C(=O)N[C@@H](CO)C(=O)O. The van der Waals surface area contributed by atoms with Gasteiger partial charge < -0.3 is 74.6 Å². The highest BCUT2D eigenvalue weighted by atomic mass is 16.4. The number of nitrogens with two attached hydrogens (primary N) is 3. The number of hydrogen-bond acceptors (Lipinski definition) is 13. The number of carbonyl (C=O) groups is 8. The predicted octanol–water partition coefficient (Wildman–Crippen LogP) is -6.34. The molecule has 0 radical (unpaired) electrons. The Balaban J connectivity index is 5.75. The molecule has 53 heavy (non-hydrogen) atoms. The molecule has 0 unspecified atom stereocenters. The molecular formula is C30H54N10O13. The molecule has 0 heterocycles. The molecule has 8 atom stereocenters. The molecule has 0 rings (SSSR count). The predicted molar refractivity (Wildman–Crippen MR) is 185 cm³/mol. The van der Waals surface area contributed by atoms with Crippen molar-refractivity contribution in [1.29, 1.82) is 0 Å². The number of rotatable bonds is 25. The van der Waals surface area contributed by atoms with Crippen LogP contribution < -0.4 is 49.1 Å². The van der Waals surface area contributed by atoms with Gasteiger partial charge in [-0.1, -0.05) is 13.8 Å². The van der Waals surface area contributed by atoms with Gasteiger partial charge in [-0.2, -0.15) is 0 Å². The van der Waals surface area contributed by atoms with Gasteiger partial charge in [0.25, 0.3) is 0 Å². The van der Waals surface area contributed by atoms with Crippen molar-refractivity contribution in [3.63, 3.8) is 0 Å². The van der Waals surface area contributed by atoms with Crippen molar-refractivity contribution < 1.29 is 63.9 Å². The van der Waals surface area contributed by atoms with Crippen LogP contribution >= 0.6 is 0 Å². The van der Waals surface area contributed by atoms with Gasteiger partial charge in [-0.25, -0.2) is 4.79 Å². The molecule has 0 aromatic rings. The Kier molecular flexibility index (Phi) is 21.8. The summed E-state index contributed by atoms with van der Waals surface area (Å²) in [6, 6.07) is -10.5. The van der Waals surface area contributed by atoms with Gasteiger partial charge in [0, 0.05) is 13.0 Å². The standard InChI is InChI=1S/C30H54N10O13/c1-13(2)10-18(26(49)36-17(7-8-21(44)45)25(48)39-20(12-42)29(52)53)37-28(51)22(15(4)43)40-27(50)19(11-41)38-23(46)14(3)35-24(47)16(31)6-5-9-34-30(32)33/h13-20,22,41-43H,5-12,31H2,1-4H3,(H,35,47)(H,36,49)(H,37,51)(H,38,46)(H,39,48)(H,40,50)(H,44,45)(H,52,53)(H4,32,33,34)/t14-,15+,16-,17-,18-,19-,20-,22-/m0/s1. The third kappa shape index (κ3) is 18.8. The van der Waals surface area contributed by atoms with Crippen LogP contribution in [0.5, 0.6) is 0 Å². The fourth-order valence-corrected chi connectivity index (χ4v) is 4.42. The molecule has 0 aromatic carbocycles. The van der Waals surface area contributed by atoms with Crippen molar-refractivity contribution in [3.8, 4) is 0 Å². The van der Waals surface area contributed by atoms with E-state index < -0.39 is 122 Å². The highest BCUT2D eigenvalue weighted by Crippen LogP contribution is 2.09. The van der Waals surface area contributed by atoms with Gasteiger partial charge in [0.05, 0.1) is 25.4 Å². The van der Waals surface area contributed by atoms with Crippen LogP contribution in [0.4, 0.5) is 0 Å². The lowest BCUT2D eigenvalue weighted by atomic mass is 10.0. The fourth-order valence-electron chi connectivity index (χ4n) is 4.42. The molecule has 0 saturated heterocycles. The summed E-state index contributed by atoms with van der Waals surface area (Å²) in [6.45, 7) is 3.99. The van der Waals surface area contributed by atoms with Gasteiger partial charge in [0.1, 0.15) is 36.3 Å². The number of carboxylic acid groups (broad SMARTS) is 2. The van der Waals surface area contributed by atoms with Crippen LogP contribution in [0, 0.1) is 5.92 Å². The minimum absolute atomic E-state index is 0.0709. The number of hydrogen-bond donors (Lipinski definition) is 14. The minimum atomic E-state index is -1.77. The average molecular weight is 763 g/mol. The molecule has 0 spiro atoms. The summed E-state index contributed by atoms with van der Waals surface area (Å²) in [5.41, 5.74) is 16.3. The van der Waals surface area contributed by atoms with E-state index in [1.54, 1.807) is 13.8 Å². The van der Waals surface area contributed by atoms with Crippen LogP contribution in [0.1, 0.15) is 59.8 Å². The van der Waals surface area contributed by atoms with Crippen molar-refractivity contribution in [2.24, 2.45) is 28.1 Å². The molecule has 23 heteroatoms. The summed E-state index contributed by atoms with van der Waals surface area (Å²) in [5.74, 6) is -9.34. The molecule has 0 saturated carbocycles.